The summed E-state index contributed by atoms with van der Waals surface area (Å²) in [6.45, 7) is 2.87. The fraction of sp³-hybridized carbons (Fsp3) is 0.625. The number of nitrogens with two attached hydrogens (primary N) is 1. The molecule has 2 nitrogen and oxygen atoms in total. The van der Waals surface area contributed by atoms with E-state index < -0.39 is 10.8 Å². The van der Waals surface area contributed by atoms with Gasteiger partial charge >= 0.3 is 0 Å². The van der Waals surface area contributed by atoms with E-state index in [9.17, 15) is 4.21 Å². The summed E-state index contributed by atoms with van der Waals surface area (Å²) in [5.74, 6) is 1.66. The van der Waals surface area contributed by atoms with Gasteiger partial charge in [-0.2, -0.15) is 0 Å². The van der Waals surface area contributed by atoms with Crippen LogP contribution in [0.25, 0.3) is 0 Å². The molecule has 1 aromatic carbocycles. The Hall–Kier alpha value is -0.380. The van der Waals surface area contributed by atoms with Crippen LogP contribution >= 0.6 is 11.6 Å². The first-order valence-electron chi connectivity index (χ1n) is 7.46. The van der Waals surface area contributed by atoms with Crippen molar-refractivity contribution in [1.82, 2.24) is 0 Å². The Labute approximate surface area is 129 Å². The number of benzene rings is 1. The molecule has 0 heterocycles. The van der Waals surface area contributed by atoms with Crippen molar-refractivity contribution < 1.29 is 4.21 Å². The Bertz CT molecular complexity index is 466. The van der Waals surface area contributed by atoms with Crippen molar-refractivity contribution in [3.8, 4) is 0 Å². The van der Waals surface area contributed by atoms with Crippen molar-refractivity contribution in [3.05, 3.63) is 34.9 Å². The van der Waals surface area contributed by atoms with Crippen molar-refractivity contribution in [3.63, 3.8) is 0 Å². The molecule has 2 rings (SSSR count). The molecule has 0 spiro atoms. The van der Waals surface area contributed by atoms with Crippen LogP contribution in [0, 0.1) is 11.8 Å². The summed E-state index contributed by atoms with van der Waals surface area (Å²) in [5, 5.41) is 0.947. The number of hydrogen-bond acceptors (Lipinski definition) is 2. The third-order valence-corrected chi connectivity index (χ3v) is 6.73. The lowest BCUT2D eigenvalue weighted by Crippen LogP contribution is -2.37. The highest BCUT2D eigenvalue weighted by molar-refractivity contribution is 7.84. The second kappa shape index (κ2) is 7.58. The highest BCUT2D eigenvalue weighted by Gasteiger charge is 2.33. The predicted molar refractivity (Wildman–Crippen MR) is 87.3 cm³/mol. The molecule has 1 aliphatic carbocycles. The lowest BCUT2D eigenvalue weighted by Gasteiger charge is -2.34. The first-order valence-corrected chi connectivity index (χ1v) is 9.22. The molecule has 4 atom stereocenters. The van der Waals surface area contributed by atoms with Gasteiger partial charge in [0.1, 0.15) is 0 Å². The van der Waals surface area contributed by atoms with E-state index in [4.69, 9.17) is 17.3 Å². The third-order valence-electron chi connectivity index (χ3n) is 4.51. The SMILES string of the molecule is CCC1CCC(CN)C(S(=O)Cc2ccccc2Cl)C1. The fourth-order valence-corrected chi connectivity index (χ4v) is 5.33. The monoisotopic (exact) mass is 313 g/mol. The highest BCUT2D eigenvalue weighted by atomic mass is 35.5. The van der Waals surface area contributed by atoms with E-state index in [0.717, 1.165) is 18.4 Å². The zero-order chi connectivity index (χ0) is 14.5. The average molecular weight is 314 g/mol. The molecular weight excluding hydrogens is 290 g/mol. The van der Waals surface area contributed by atoms with E-state index in [2.05, 4.69) is 6.92 Å². The van der Waals surface area contributed by atoms with Gasteiger partial charge in [0.05, 0.1) is 5.75 Å². The lowest BCUT2D eigenvalue weighted by molar-refractivity contribution is 0.280. The first-order chi connectivity index (χ1) is 9.65. The van der Waals surface area contributed by atoms with Gasteiger partial charge in [0, 0.05) is 21.1 Å². The smallest absolute Gasteiger partial charge is 0.0503 e. The van der Waals surface area contributed by atoms with Crippen molar-refractivity contribution in [1.29, 1.82) is 0 Å². The van der Waals surface area contributed by atoms with Crippen molar-refractivity contribution in [2.45, 2.75) is 43.6 Å². The molecule has 112 valence electrons. The summed E-state index contributed by atoms with van der Waals surface area (Å²) in [7, 11) is -0.884. The molecule has 2 N–H and O–H groups in total. The second-order valence-electron chi connectivity index (χ2n) is 5.74. The molecule has 0 aromatic heterocycles. The Balaban J connectivity index is 2.07. The minimum absolute atomic E-state index is 0.231. The van der Waals surface area contributed by atoms with Gasteiger partial charge in [-0.1, -0.05) is 49.6 Å². The first kappa shape index (κ1) is 16.0. The summed E-state index contributed by atoms with van der Waals surface area (Å²) < 4.78 is 12.7. The van der Waals surface area contributed by atoms with Gasteiger partial charge in [0.25, 0.3) is 0 Å². The van der Waals surface area contributed by atoms with Crippen LogP contribution in [0.2, 0.25) is 5.02 Å². The Morgan fingerprint density at radius 3 is 2.75 bits per heavy atom. The maximum Gasteiger partial charge on any atom is 0.0503 e. The quantitative estimate of drug-likeness (QED) is 0.899. The molecule has 0 bridgehead atoms. The number of rotatable bonds is 5. The molecule has 0 amide bonds. The van der Waals surface area contributed by atoms with Gasteiger partial charge < -0.3 is 5.73 Å². The number of halogens is 1. The van der Waals surface area contributed by atoms with Gasteiger partial charge in [0.15, 0.2) is 0 Å². The van der Waals surface area contributed by atoms with Crippen molar-refractivity contribution >= 4 is 22.4 Å². The second-order valence-corrected chi connectivity index (χ2v) is 7.80. The Morgan fingerprint density at radius 2 is 2.10 bits per heavy atom. The van der Waals surface area contributed by atoms with Gasteiger partial charge in [-0.25, -0.2) is 0 Å². The molecule has 1 saturated carbocycles. The van der Waals surface area contributed by atoms with Crippen molar-refractivity contribution in [2.24, 2.45) is 17.6 Å². The van der Waals surface area contributed by atoms with Crippen LogP contribution < -0.4 is 5.73 Å². The maximum absolute atomic E-state index is 12.7. The third kappa shape index (κ3) is 3.84. The molecule has 0 radical (unpaired) electrons. The number of hydrogen-bond donors (Lipinski definition) is 1. The summed E-state index contributed by atoms with van der Waals surface area (Å²) >= 11 is 6.17. The van der Waals surface area contributed by atoms with Crippen LogP contribution in [0.1, 0.15) is 38.2 Å². The van der Waals surface area contributed by atoms with Crippen LogP contribution in [0.4, 0.5) is 0 Å². The lowest BCUT2D eigenvalue weighted by atomic mass is 9.80. The molecule has 4 unspecified atom stereocenters. The molecule has 1 aromatic rings. The van der Waals surface area contributed by atoms with Crippen LogP contribution in [0.3, 0.4) is 0 Å². The molecule has 4 heteroatoms. The van der Waals surface area contributed by atoms with Crippen LogP contribution in [-0.2, 0) is 16.6 Å². The van der Waals surface area contributed by atoms with Gasteiger partial charge in [-0.3, -0.25) is 4.21 Å². The topological polar surface area (TPSA) is 43.1 Å². The molecule has 1 fully saturated rings. The summed E-state index contributed by atoms with van der Waals surface area (Å²) in [5.41, 5.74) is 6.87. The van der Waals surface area contributed by atoms with Gasteiger partial charge in [-0.05, 0) is 42.9 Å². The molecule has 0 aliphatic heterocycles. The Morgan fingerprint density at radius 1 is 1.35 bits per heavy atom. The minimum atomic E-state index is -0.884. The summed E-state index contributed by atoms with van der Waals surface area (Å²) in [6, 6.07) is 7.70. The van der Waals surface area contributed by atoms with Gasteiger partial charge in [-0.15, -0.1) is 0 Å². The molecule has 20 heavy (non-hydrogen) atoms. The molecular formula is C16H24ClNOS. The maximum atomic E-state index is 12.7. The average Bonchev–Trinajstić information content (AvgIpc) is 2.48. The zero-order valence-corrected chi connectivity index (χ0v) is 13.6. The van der Waals surface area contributed by atoms with E-state index in [1.165, 1.54) is 12.8 Å². The summed E-state index contributed by atoms with van der Waals surface area (Å²) in [4.78, 5) is 0. The molecule has 0 saturated heterocycles. The van der Waals surface area contributed by atoms with Crippen LogP contribution in [0.5, 0.6) is 0 Å². The van der Waals surface area contributed by atoms with E-state index >= 15 is 0 Å². The minimum Gasteiger partial charge on any atom is -0.330 e. The van der Waals surface area contributed by atoms with Crippen molar-refractivity contribution in [2.75, 3.05) is 6.54 Å². The fourth-order valence-electron chi connectivity index (χ4n) is 3.11. The standard InChI is InChI=1S/C16H24ClNOS/c1-2-12-7-8-13(10-18)16(9-12)20(19)11-14-5-3-4-6-15(14)17/h3-6,12-13,16H,2,7-11,18H2,1H3. The Kier molecular flexibility index (Phi) is 6.06. The predicted octanol–water partition coefficient (Wildman–Crippen LogP) is 3.74. The zero-order valence-electron chi connectivity index (χ0n) is 12.1. The largest absolute Gasteiger partial charge is 0.330 e. The van der Waals surface area contributed by atoms with Crippen LogP contribution in [-0.4, -0.2) is 16.0 Å². The van der Waals surface area contributed by atoms with E-state index in [0.29, 0.717) is 29.2 Å². The molecule has 1 aliphatic rings. The highest BCUT2D eigenvalue weighted by Crippen LogP contribution is 2.34. The van der Waals surface area contributed by atoms with E-state index in [1.54, 1.807) is 0 Å². The normalized spacial score (nSPS) is 28.2. The summed E-state index contributed by atoms with van der Waals surface area (Å²) in [6.07, 6.45) is 4.58. The van der Waals surface area contributed by atoms with E-state index in [-0.39, 0.29) is 5.25 Å². The van der Waals surface area contributed by atoms with Crippen LogP contribution in [0.15, 0.2) is 24.3 Å². The van der Waals surface area contributed by atoms with Gasteiger partial charge in [0.2, 0.25) is 0 Å². The van der Waals surface area contributed by atoms with E-state index in [1.807, 2.05) is 24.3 Å².